The maximum Gasteiger partial charge on any atom is 0.255 e. The van der Waals surface area contributed by atoms with Crippen LogP contribution in [0.5, 0.6) is 0 Å². The molecular formula is C15H12ClNO2. The molecule has 0 bridgehead atoms. The molecule has 2 aromatic rings. The summed E-state index contributed by atoms with van der Waals surface area (Å²) in [6, 6.07) is 13.6. The summed E-state index contributed by atoms with van der Waals surface area (Å²) in [7, 11) is 0. The highest BCUT2D eigenvalue weighted by molar-refractivity contribution is 6.31. The Morgan fingerprint density at radius 1 is 1.05 bits per heavy atom. The number of ketones is 1. The van der Waals surface area contributed by atoms with E-state index in [0.717, 1.165) is 0 Å². The van der Waals surface area contributed by atoms with Gasteiger partial charge in [0.25, 0.3) is 5.91 Å². The van der Waals surface area contributed by atoms with Gasteiger partial charge < -0.3 is 5.32 Å². The molecule has 0 spiro atoms. The van der Waals surface area contributed by atoms with Crippen molar-refractivity contribution in [3.05, 3.63) is 64.7 Å². The Morgan fingerprint density at radius 3 is 2.37 bits per heavy atom. The molecule has 1 N–H and O–H groups in total. The first-order chi connectivity index (χ1) is 9.08. The normalized spacial score (nSPS) is 10.0. The fraction of sp³-hybridized carbons (Fsp3) is 0.0667. The van der Waals surface area contributed by atoms with Crippen LogP contribution in [0.15, 0.2) is 48.5 Å². The van der Waals surface area contributed by atoms with Gasteiger partial charge in [-0.05, 0) is 37.3 Å². The average Bonchev–Trinajstić information content (AvgIpc) is 2.39. The van der Waals surface area contributed by atoms with Gasteiger partial charge in [0.05, 0.1) is 5.69 Å². The minimum atomic E-state index is -0.273. The van der Waals surface area contributed by atoms with E-state index in [-0.39, 0.29) is 11.7 Å². The van der Waals surface area contributed by atoms with Crippen molar-refractivity contribution >= 4 is 29.0 Å². The van der Waals surface area contributed by atoms with Crippen molar-refractivity contribution in [2.75, 3.05) is 5.32 Å². The lowest BCUT2D eigenvalue weighted by molar-refractivity contribution is 0.101. The Labute approximate surface area is 116 Å². The molecule has 0 unspecified atom stereocenters. The molecule has 0 aliphatic heterocycles. The van der Waals surface area contributed by atoms with E-state index in [1.165, 1.54) is 6.92 Å². The first-order valence-corrected chi connectivity index (χ1v) is 6.12. The lowest BCUT2D eigenvalue weighted by Crippen LogP contribution is -2.14. The second kappa shape index (κ2) is 5.67. The van der Waals surface area contributed by atoms with Crippen molar-refractivity contribution in [3.63, 3.8) is 0 Å². The summed E-state index contributed by atoms with van der Waals surface area (Å²) in [4.78, 5) is 23.5. The van der Waals surface area contributed by atoms with Gasteiger partial charge in [-0.1, -0.05) is 29.8 Å². The van der Waals surface area contributed by atoms with Gasteiger partial charge in [-0.25, -0.2) is 0 Å². The van der Waals surface area contributed by atoms with E-state index in [4.69, 9.17) is 11.6 Å². The molecule has 2 aromatic carbocycles. The van der Waals surface area contributed by atoms with Crippen LogP contribution in [0.4, 0.5) is 5.69 Å². The zero-order valence-electron chi connectivity index (χ0n) is 10.3. The Bertz CT molecular complexity index is 623. The second-order valence-electron chi connectivity index (χ2n) is 4.07. The van der Waals surface area contributed by atoms with E-state index in [0.29, 0.717) is 21.8 Å². The van der Waals surface area contributed by atoms with Crippen molar-refractivity contribution in [1.82, 2.24) is 0 Å². The minimum Gasteiger partial charge on any atom is -0.321 e. The smallest absolute Gasteiger partial charge is 0.255 e. The lowest BCUT2D eigenvalue weighted by atomic mass is 10.1. The average molecular weight is 274 g/mol. The highest BCUT2D eigenvalue weighted by atomic mass is 35.5. The molecule has 1 amide bonds. The second-order valence-corrected chi connectivity index (χ2v) is 4.50. The van der Waals surface area contributed by atoms with Crippen LogP contribution >= 0.6 is 11.6 Å². The van der Waals surface area contributed by atoms with Crippen molar-refractivity contribution in [2.45, 2.75) is 6.92 Å². The van der Waals surface area contributed by atoms with Gasteiger partial charge in [0.15, 0.2) is 5.78 Å². The number of halogens is 1. The summed E-state index contributed by atoms with van der Waals surface area (Å²) in [6.45, 7) is 1.45. The fourth-order valence-corrected chi connectivity index (χ4v) is 1.88. The standard InChI is InChI=1S/C15H12ClNO2/c1-10(18)13-8-7-12(16)9-14(13)17-15(19)11-5-3-2-4-6-11/h2-9H,1H3,(H,17,19). The van der Waals surface area contributed by atoms with Crippen molar-refractivity contribution in [3.8, 4) is 0 Å². The first-order valence-electron chi connectivity index (χ1n) is 5.75. The van der Waals surface area contributed by atoms with Crippen LogP contribution in [0.25, 0.3) is 0 Å². The molecule has 0 aliphatic carbocycles. The Kier molecular flexibility index (Phi) is 3.97. The summed E-state index contributed by atoms with van der Waals surface area (Å²) in [5.41, 5.74) is 1.39. The van der Waals surface area contributed by atoms with Gasteiger partial charge >= 0.3 is 0 Å². The number of nitrogens with one attached hydrogen (secondary N) is 1. The van der Waals surface area contributed by atoms with Crippen LogP contribution in [0.2, 0.25) is 5.02 Å². The number of anilines is 1. The van der Waals surface area contributed by atoms with E-state index < -0.39 is 0 Å². The number of hydrogen-bond acceptors (Lipinski definition) is 2. The van der Waals surface area contributed by atoms with E-state index in [9.17, 15) is 9.59 Å². The number of hydrogen-bond donors (Lipinski definition) is 1. The maximum absolute atomic E-state index is 12.0. The topological polar surface area (TPSA) is 46.2 Å². The van der Waals surface area contributed by atoms with Crippen LogP contribution in [0.1, 0.15) is 27.6 Å². The Hall–Kier alpha value is -2.13. The zero-order valence-corrected chi connectivity index (χ0v) is 11.1. The molecule has 0 saturated heterocycles. The number of benzene rings is 2. The van der Waals surface area contributed by atoms with Gasteiger partial charge in [0.1, 0.15) is 0 Å². The van der Waals surface area contributed by atoms with Crippen molar-refractivity contribution < 1.29 is 9.59 Å². The summed E-state index contributed by atoms with van der Waals surface area (Å²) >= 11 is 5.89. The molecule has 0 atom stereocenters. The van der Waals surface area contributed by atoms with Crippen LogP contribution in [0, 0.1) is 0 Å². The molecule has 96 valence electrons. The van der Waals surface area contributed by atoms with Crippen LogP contribution in [0.3, 0.4) is 0 Å². The third-order valence-electron chi connectivity index (χ3n) is 2.65. The van der Waals surface area contributed by atoms with Gasteiger partial charge in [-0.3, -0.25) is 9.59 Å². The number of carbonyl (C=O) groups excluding carboxylic acids is 2. The monoisotopic (exact) mass is 273 g/mol. The highest BCUT2D eigenvalue weighted by Crippen LogP contribution is 2.22. The van der Waals surface area contributed by atoms with E-state index >= 15 is 0 Å². The summed E-state index contributed by atoms with van der Waals surface area (Å²) in [5, 5.41) is 3.17. The summed E-state index contributed by atoms with van der Waals surface area (Å²) in [6.07, 6.45) is 0. The minimum absolute atomic E-state index is 0.125. The molecule has 19 heavy (non-hydrogen) atoms. The van der Waals surface area contributed by atoms with Crippen LogP contribution < -0.4 is 5.32 Å². The highest BCUT2D eigenvalue weighted by Gasteiger charge is 2.12. The molecule has 0 aliphatic rings. The van der Waals surface area contributed by atoms with Crippen molar-refractivity contribution in [2.24, 2.45) is 0 Å². The quantitative estimate of drug-likeness (QED) is 0.865. The molecule has 0 heterocycles. The molecule has 4 heteroatoms. The maximum atomic E-state index is 12.0. The molecule has 0 aromatic heterocycles. The molecule has 2 rings (SSSR count). The molecular weight excluding hydrogens is 262 g/mol. The number of amides is 1. The zero-order chi connectivity index (χ0) is 13.8. The third kappa shape index (κ3) is 3.20. The summed E-state index contributed by atoms with van der Waals surface area (Å²) < 4.78 is 0. The predicted molar refractivity (Wildman–Crippen MR) is 75.9 cm³/mol. The fourth-order valence-electron chi connectivity index (χ4n) is 1.71. The predicted octanol–water partition coefficient (Wildman–Crippen LogP) is 3.79. The third-order valence-corrected chi connectivity index (χ3v) is 2.88. The van der Waals surface area contributed by atoms with Gasteiger partial charge in [0.2, 0.25) is 0 Å². The SMILES string of the molecule is CC(=O)c1ccc(Cl)cc1NC(=O)c1ccccc1. The van der Waals surface area contributed by atoms with E-state index in [1.807, 2.05) is 6.07 Å². The Morgan fingerprint density at radius 2 is 1.74 bits per heavy atom. The van der Waals surface area contributed by atoms with Crippen LogP contribution in [-0.4, -0.2) is 11.7 Å². The van der Waals surface area contributed by atoms with Gasteiger partial charge in [0, 0.05) is 16.1 Å². The van der Waals surface area contributed by atoms with Gasteiger partial charge in [-0.2, -0.15) is 0 Å². The van der Waals surface area contributed by atoms with Crippen molar-refractivity contribution in [1.29, 1.82) is 0 Å². The largest absolute Gasteiger partial charge is 0.321 e. The molecule has 0 radical (unpaired) electrons. The summed E-state index contributed by atoms with van der Waals surface area (Å²) in [5.74, 6) is -0.398. The van der Waals surface area contributed by atoms with E-state index in [1.54, 1.807) is 42.5 Å². The van der Waals surface area contributed by atoms with E-state index in [2.05, 4.69) is 5.32 Å². The number of Topliss-reactive ketones (excluding diaryl/α,β-unsaturated/α-hetero) is 1. The van der Waals surface area contributed by atoms with Crippen LogP contribution in [-0.2, 0) is 0 Å². The first kappa shape index (κ1) is 13.3. The molecule has 0 fully saturated rings. The number of carbonyl (C=O) groups is 2. The Balaban J connectivity index is 2.31. The molecule has 0 saturated carbocycles. The molecule has 3 nitrogen and oxygen atoms in total. The number of rotatable bonds is 3. The lowest BCUT2D eigenvalue weighted by Gasteiger charge is -2.09. The van der Waals surface area contributed by atoms with Gasteiger partial charge in [-0.15, -0.1) is 0 Å².